The van der Waals surface area contributed by atoms with Crippen LogP contribution in [0.25, 0.3) is 0 Å². The lowest BCUT2D eigenvalue weighted by Crippen LogP contribution is -2.24. The molecule has 0 amide bonds. The summed E-state index contributed by atoms with van der Waals surface area (Å²) < 4.78 is 0. The number of hydrogen-bond acceptors (Lipinski definition) is 3. The van der Waals surface area contributed by atoms with E-state index in [1.807, 2.05) is 24.5 Å². The topological polar surface area (TPSA) is 37.8 Å². The molecule has 0 aromatic carbocycles. The highest BCUT2D eigenvalue weighted by atomic mass is 15.0. The maximum Gasteiger partial charge on any atom is 0.145 e. The maximum atomic E-state index is 4.36. The molecule has 0 spiro atoms. The first kappa shape index (κ1) is 14.8. The molecule has 100 valence electrons. The van der Waals surface area contributed by atoms with Gasteiger partial charge >= 0.3 is 0 Å². The Balaban J connectivity index is 2.38. The summed E-state index contributed by atoms with van der Waals surface area (Å²) in [6, 6.07) is 2.17. The quantitative estimate of drug-likeness (QED) is 0.506. The molecule has 0 aliphatic rings. The Hall–Kier alpha value is -1.22. The summed E-state index contributed by atoms with van der Waals surface area (Å²) in [5, 5.41) is 3.53. The van der Waals surface area contributed by atoms with Gasteiger partial charge in [0.2, 0.25) is 0 Å². The summed E-state index contributed by atoms with van der Waals surface area (Å²) in [7, 11) is 0. The Kier molecular flexibility index (Phi) is 8.06. The first-order chi connectivity index (χ1) is 8.88. The standard InChI is InChI=1S/C15H25N3/c1-3-5-6-7-8-10-14(16-11-4-2)15-17-12-9-13-18-15/h3,9,12-14,16H,1,4-8,10-11H2,2H3. The van der Waals surface area contributed by atoms with Crippen molar-refractivity contribution in [2.24, 2.45) is 0 Å². The van der Waals surface area contributed by atoms with Crippen molar-refractivity contribution in [3.05, 3.63) is 36.9 Å². The predicted octanol–water partition coefficient (Wildman–Crippen LogP) is 3.65. The van der Waals surface area contributed by atoms with Gasteiger partial charge < -0.3 is 5.32 Å². The van der Waals surface area contributed by atoms with E-state index in [1.165, 1.54) is 19.3 Å². The van der Waals surface area contributed by atoms with E-state index in [-0.39, 0.29) is 0 Å². The van der Waals surface area contributed by atoms with Crippen molar-refractivity contribution in [2.45, 2.75) is 51.5 Å². The highest BCUT2D eigenvalue weighted by molar-refractivity contribution is 4.95. The van der Waals surface area contributed by atoms with Gasteiger partial charge in [-0.25, -0.2) is 9.97 Å². The number of nitrogens with zero attached hydrogens (tertiary/aromatic N) is 2. The number of allylic oxidation sites excluding steroid dienone is 1. The molecule has 1 atom stereocenters. The summed E-state index contributed by atoms with van der Waals surface area (Å²) in [6.45, 7) is 6.95. The zero-order chi connectivity index (χ0) is 13.1. The third-order valence-electron chi connectivity index (χ3n) is 2.94. The van der Waals surface area contributed by atoms with Crippen LogP contribution in [0.1, 0.15) is 57.3 Å². The molecule has 1 rings (SSSR count). The maximum absolute atomic E-state index is 4.36. The summed E-state index contributed by atoms with van der Waals surface area (Å²) in [5.41, 5.74) is 0. The minimum atomic E-state index is 0.301. The molecule has 1 unspecified atom stereocenters. The van der Waals surface area contributed by atoms with Crippen LogP contribution in [0.5, 0.6) is 0 Å². The first-order valence-electron chi connectivity index (χ1n) is 6.99. The largest absolute Gasteiger partial charge is 0.307 e. The van der Waals surface area contributed by atoms with Crippen molar-refractivity contribution in [1.82, 2.24) is 15.3 Å². The lowest BCUT2D eigenvalue weighted by Gasteiger charge is -2.16. The van der Waals surface area contributed by atoms with Crippen LogP contribution in [0.2, 0.25) is 0 Å². The van der Waals surface area contributed by atoms with E-state index in [1.54, 1.807) is 0 Å². The summed E-state index contributed by atoms with van der Waals surface area (Å²) in [5.74, 6) is 0.926. The van der Waals surface area contributed by atoms with Crippen molar-refractivity contribution in [1.29, 1.82) is 0 Å². The lowest BCUT2D eigenvalue weighted by atomic mass is 10.1. The van der Waals surface area contributed by atoms with E-state index >= 15 is 0 Å². The molecule has 0 saturated heterocycles. The van der Waals surface area contributed by atoms with Gasteiger partial charge in [-0.05, 0) is 38.3 Å². The van der Waals surface area contributed by atoms with E-state index in [4.69, 9.17) is 0 Å². The van der Waals surface area contributed by atoms with Crippen LogP contribution in [-0.4, -0.2) is 16.5 Å². The van der Waals surface area contributed by atoms with Gasteiger partial charge in [-0.2, -0.15) is 0 Å². The van der Waals surface area contributed by atoms with Crippen molar-refractivity contribution in [3.8, 4) is 0 Å². The average Bonchev–Trinajstić information content (AvgIpc) is 2.43. The minimum Gasteiger partial charge on any atom is -0.307 e. The van der Waals surface area contributed by atoms with E-state index in [9.17, 15) is 0 Å². The van der Waals surface area contributed by atoms with Gasteiger partial charge in [0.15, 0.2) is 0 Å². The summed E-state index contributed by atoms with van der Waals surface area (Å²) in [4.78, 5) is 8.71. The molecule has 0 fully saturated rings. The molecule has 1 aromatic heterocycles. The van der Waals surface area contributed by atoms with Crippen LogP contribution in [0.3, 0.4) is 0 Å². The molecule has 3 nitrogen and oxygen atoms in total. The Morgan fingerprint density at radius 1 is 1.28 bits per heavy atom. The number of unbranched alkanes of at least 4 members (excludes halogenated alkanes) is 3. The van der Waals surface area contributed by atoms with Crippen LogP contribution >= 0.6 is 0 Å². The zero-order valence-corrected chi connectivity index (χ0v) is 11.4. The highest BCUT2D eigenvalue weighted by Crippen LogP contribution is 2.16. The van der Waals surface area contributed by atoms with Crippen molar-refractivity contribution in [3.63, 3.8) is 0 Å². The lowest BCUT2D eigenvalue weighted by molar-refractivity contribution is 0.453. The van der Waals surface area contributed by atoms with Crippen LogP contribution in [-0.2, 0) is 0 Å². The fourth-order valence-electron chi connectivity index (χ4n) is 1.95. The highest BCUT2D eigenvalue weighted by Gasteiger charge is 2.12. The molecule has 18 heavy (non-hydrogen) atoms. The van der Waals surface area contributed by atoms with Gasteiger partial charge in [0, 0.05) is 12.4 Å². The summed E-state index contributed by atoms with van der Waals surface area (Å²) >= 11 is 0. The first-order valence-corrected chi connectivity index (χ1v) is 6.99. The van der Waals surface area contributed by atoms with E-state index in [0.717, 1.165) is 31.6 Å². The molecule has 1 aromatic rings. The van der Waals surface area contributed by atoms with Crippen molar-refractivity contribution >= 4 is 0 Å². The molecule has 0 saturated carbocycles. The fourth-order valence-corrected chi connectivity index (χ4v) is 1.95. The monoisotopic (exact) mass is 247 g/mol. The zero-order valence-electron chi connectivity index (χ0n) is 11.4. The molecule has 0 aliphatic carbocycles. The second kappa shape index (κ2) is 9.77. The molecule has 1 N–H and O–H groups in total. The SMILES string of the molecule is C=CCCCCCC(NCCC)c1ncccn1. The molecule has 1 heterocycles. The van der Waals surface area contributed by atoms with Crippen LogP contribution in [0.4, 0.5) is 0 Å². The third-order valence-corrected chi connectivity index (χ3v) is 2.94. The second-order valence-electron chi connectivity index (χ2n) is 4.54. The minimum absolute atomic E-state index is 0.301. The molecule has 0 aliphatic heterocycles. The van der Waals surface area contributed by atoms with Crippen LogP contribution < -0.4 is 5.32 Å². The second-order valence-corrected chi connectivity index (χ2v) is 4.54. The molecule has 0 bridgehead atoms. The Labute approximate surface area is 111 Å². The van der Waals surface area contributed by atoms with E-state index in [2.05, 4.69) is 28.8 Å². The Morgan fingerprint density at radius 2 is 2.06 bits per heavy atom. The van der Waals surface area contributed by atoms with E-state index in [0.29, 0.717) is 6.04 Å². The smallest absolute Gasteiger partial charge is 0.145 e. The average molecular weight is 247 g/mol. The van der Waals surface area contributed by atoms with Gasteiger partial charge in [0.1, 0.15) is 5.82 Å². The van der Waals surface area contributed by atoms with Crippen molar-refractivity contribution < 1.29 is 0 Å². The fraction of sp³-hybridized carbons (Fsp3) is 0.600. The Bertz CT molecular complexity index is 311. The number of aromatic nitrogens is 2. The molecular formula is C15H25N3. The molecule has 0 radical (unpaired) electrons. The number of rotatable bonds is 10. The summed E-state index contributed by atoms with van der Waals surface area (Å²) in [6.07, 6.45) is 12.7. The molecule has 3 heteroatoms. The van der Waals surface area contributed by atoms with Crippen molar-refractivity contribution in [2.75, 3.05) is 6.54 Å². The predicted molar refractivity (Wildman–Crippen MR) is 76.3 cm³/mol. The van der Waals surface area contributed by atoms with Gasteiger partial charge in [-0.15, -0.1) is 6.58 Å². The van der Waals surface area contributed by atoms with Gasteiger partial charge in [-0.3, -0.25) is 0 Å². The molecular weight excluding hydrogens is 222 g/mol. The van der Waals surface area contributed by atoms with E-state index < -0.39 is 0 Å². The van der Waals surface area contributed by atoms with Gasteiger partial charge in [0.25, 0.3) is 0 Å². The van der Waals surface area contributed by atoms with Crippen LogP contribution in [0, 0.1) is 0 Å². The number of hydrogen-bond donors (Lipinski definition) is 1. The normalized spacial score (nSPS) is 12.3. The van der Waals surface area contributed by atoms with Gasteiger partial charge in [-0.1, -0.05) is 25.8 Å². The number of nitrogens with one attached hydrogen (secondary N) is 1. The Morgan fingerprint density at radius 3 is 2.72 bits per heavy atom. The van der Waals surface area contributed by atoms with Crippen LogP contribution in [0.15, 0.2) is 31.1 Å². The third kappa shape index (κ3) is 5.92. The van der Waals surface area contributed by atoms with Gasteiger partial charge in [0.05, 0.1) is 6.04 Å².